The molecule has 1 N–H and O–H groups in total. The van der Waals surface area contributed by atoms with E-state index in [1.807, 2.05) is 32.0 Å². The minimum Gasteiger partial charge on any atom is -0.486 e. The van der Waals surface area contributed by atoms with Crippen molar-refractivity contribution in [2.24, 2.45) is 0 Å². The molecule has 1 aliphatic rings. The summed E-state index contributed by atoms with van der Waals surface area (Å²) in [5.74, 6) is 0.754. The van der Waals surface area contributed by atoms with Crippen LogP contribution < -0.4 is 10.1 Å². The Hall–Kier alpha value is -1.59. The Bertz CT molecular complexity index is 767. The lowest BCUT2D eigenvalue weighted by molar-refractivity contribution is 0.0936. The smallest absolute Gasteiger partial charge is 0.263 e. The lowest BCUT2D eigenvalue weighted by atomic mass is 10.1. The molecule has 6 heteroatoms. The number of aromatic nitrogens is 1. The minimum absolute atomic E-state index is 0.000451. The molecule has 1 aromatic heterocycles. The maximum Gasteiger partial charge on any atom is 0.263 e. The molecule has 1 aliphatic carbocycles. The maximum atomic E-state index is 12.6. The van der Waals surface area contributed by atoms with Crippen molar-refractivity contribution in [3.05, 3.63) is 44.4 Å². The van der Waals surface area contributed by atoms with Crippen molar-refractivity contribution in [1.82, 2.24) is 10.3 Å². The van der Waals surface area contributed by atoms with Gasteiger partial charge in [-0.15, -0.1) is 11.3 Å². The Morgan fingerprint density at radius 3 is 2.69 bits per heavy atom. The van der Waals surface area contributed by atoms with Crippen LogP contribution in [0.15, 0.2) is 18.2 Å². The summed E-state index contributed by atoms with van der Waals surface area (Å²) in [6, 6.07) is 5.87. The van der Waals surface area contributed by atoms with E-state index in [9.17, 15) is 4.79 Å². The zero-order valence-corrected chi connectivity index (χ0v) is 16.9. The predicted octanol–water partition coefficient (Wildman–Crippen LogP) is 5.44. The van der Waals surface area contributed by atoms with Crippen LogP contribution in [-0.2, 0) is 6.61 Å². The fraction of sp³-hybridized carbons (Fsp3) is 0.500. The van der Waals surface area contributed by atoms with Crippen LogP contribution >= 0.6 is 22.9 Å². The molecule has 1 aromatic carbocycles. The molecule has 0 saturated heterocycles. The average Bonchev–Trinajstić information content (AvgIpc) is 2.80. The van der Waals surface area contributed by atoms with Crippen LogP contribution in [0.4, 0.5) is 0 Å². The van der Waals surface area contributed by atoms with Crippen molar-refractivity contribution < 1.29 is 9.53 Å². The zero-order valence-electron chi connectivity index (χ0n) is 15.3. The van der Waals surface area contributed by atoms with Gasteiger partial charge in [-0.3, -0.25) is 4.79 Å². The van der Waals surface area contributed by atoms with Crippen molar-refractivity contribution in [3.63, 3.8) is 0 Å². The van der Waals surface area contributed by atoms with Gasteiger partial charge in [-0.2, -0.15) is 0 Å². The van der Waals surface area contributed by atoms with E-state index < -0.39 is 0 Å². The van der Waals surface area contributed by atoms with Gasteiger partial charge in [0.2, 0.25) is 0 Å². The van der Waals surface area contributed by atoms with Crippen LogP contribution in [0.5, 0.6) is 5.75 Å². The number of halogens is 1. The first-order valence-corrected chi connectivity index (χ1v) is 10.4. The summed E-state index contributed by atoms with van der Waals surface area (Å²) in [5.41, 5.74) is 1.75. The lowest BCUT2D eigenvalue weighted by Crippen LogP contribution is -2.34. The van der Waals surface area contributed by atoms with Gasteiger partial charge in [-0.05, 0) is 50.5 Å². The zero-order chi connectivity index (χ0) is 18.5. The SMILES string of the molecule is Cc1cc(OCc2nc(C)c(C(=O)NC3CCCCCC3)s2)ccc1Cl. The summed E-state index contributed by atoms with van der Waals surface area (Å²) in [6.45, 7) is 4.18. The molecule has 0 radical (unpaired) electrons. The molecule has 0 unspecified atom stereocenters. The molecule has 1 saturated carbocycles. The van der Waals surface area contributed by atoms with E-state index in [0.29, 0.717) is 17.5 Å². The Balaban J connectivity index is 1.60. The first kappa shape index (κ1) is 19.2. The van der Waals surface area contributed by atoms with Crippen molar-refractivity contribution in [1.29, 1.82) is 0 Å². The molecule has 0 atom stereocenters. The summed E-state index contributed by atoms with van der Waals surface area (Å²) in [7, 11) is 0. The molecule has 4 nitrogen and oxygen atoms in total. The van der Waals surface area contributed by atoms with E-state index in [-0.39, 0.29) is 5.91 Å². The van der Waals surface area contributed by atoms with Gasteiger partial charge in [0.1, 0.15) is 22.2 Å². The molecule has 3 rings (SSSR count). The summed E-state index contributed by atoms with van der Waals surface area (Å²) in [4.78, 5) is 17.8. The van der Waals surface area contributed by atoms with E-state index in [0.717, 1.165) is 39.9 Å². The second-order valence-corrected chi connectivity index (χ2v) is 8.37. The van der Waals surface area contributed by atoms with Crippen molar-refractivity contribution in [2.45, 2.75) is 65.0 Å². The van der Waals surface area contributed by atoms with Gasteiger partial charge in [0.15, 0.2) is 0 Å². The number of hydrogen-bond acceptors (Lipinski definition) is 4. The Morgan fingerprint density at radius 1 is 1.27 bits per heavy atom. The summed E-state index contributed by atoms with van der Waals surface area (Å²) in [6.07, 6.45) is 7.11. The third kappa shape index (κ3) is 4.98. The second kappa shape index (κ2) is 8.87. The van der Waals surface area contributed by atoms with Crippen molar-refractivity contribution in [3.8, 4) is 5.75 Å². The average molecular weight is 393 g/mol. The Morgan fingerprint density at radius 2 is 2.00 bits per heavy atom. The summed E-state index contributed by atoms with van der Waals surface area (Å²) < 4.78 is 5.80. The van der Waals surface area contributed by atoms with Gasteiger partial charge in [0, 0.05) is 11.1 Å². The lowest BCUT2D eigenvalue weighted by Gasteiger charge is -2.15. The quantitative estimate of drug-likeness (QED) is 0.688. The third-order valence-corrected chi connectivity index (χ3v) is 6.28. The van der Waals surface area contributed by atoms with E-state index in [1.54, 1.807) is 0 Å². The number of benzene rings is 1. The molecule has 1 heterocycles. The van der Waals surface area contributed by atoms with Gasteiger partial charge in [-0.25, -0.2) is 4.98 Å². The number of nitrogens with one attached hydrogen (secondary N) is 1. The first-order chi connectivity index (χ1) is 12.5. The highest BCUT2D eigenvalue weighted by molar-refractivity contribution is 7.13. The number of amides is 1. The molecule has 1 amide bonds. The van der Waals surface area contributed by atoms with Crippen molar-refractivity contribution >= 4 is 28.8 Å². The van der Waals surface area contributed by atoms with E-state index in [2.05, 4.69) is 10.3 Å². The molecular formula is C20H25ClN2O2S. The molecule has 0 spiro atoms. The number of hydrogen-bond donors (Lipinski definition) is 1. The van der Waals surface area contributed by atoms with Crippen LogP contribution in [0.1, 0.15) is 64.5 Å². The normalized spacial score (nSPS) is 15.5. The molecule has 0 aliphatic heterocycles. The van der Waals surface area contributed by atoms with E-state index >= 15 is 0 Å². The maximum absolute atomic E-state index is 12.6. The second-order valence-electron chi connectivity index (χ2n) is 6.88. The predicted molar refractivity (Wildman–Crippen MR) is 106 cm³/mol. The highest BCUT2D eigenvalue weighted by Crippen LogP contribution is 2.24. The summed E-state index contributed by atoms with van der Waals surface area (Å²) >= 11 is 7.45. The highest BCUT2D eigenvalue weighted by atomic mass is 35.5. The van der Waals surface area contributed by atoms with Gasteiger partial charge in [0.25, 0.3) is 5.91 Å². The van der Waals surface area contributed by atoms with E-state index in [4.69, 9.17) is 16.3 Å². The van der Waals surface area contributed by atoms with Gasteiger partial charge < -0.3 is 10.1 Å². The number of ether oxygens (including phenoxy) is 1. The Labute approximate surface area is 163 Å². The van der Waals surface area contributed by atoms with Crippen LogP contribution in [0.25, 0.3) is 0 Å². The van der Waals surface area contributed by atoms with Crippen LogP contribution in [0.2, 0.25) is 5.02 Å². The van der Waals surface area contributed by atoms with Crippen LogP contribution in [-0.4, -0.2) is 16.9 Å². The van der Waals surface area contributed by atoms with Gasteiger partial charge >= 0.3 is 0 Å². The van der Waals surface area contributed by atoms with E-state index in [1.165, 1.54) is 37.0 Å². The summed E-state index contributed by atoms with van der Waals surface area (Å²) in [5, 5.41) is 4.72. The fourth-order valence-electron chi connectivity index (χ4n) is 3.25. The molecule has 2 aromatic rings. The van der Waals surface area contributed by atoms with Crippen molar-refractivity contribution in [2.75, 3.05) is 0 Å². The van der Waals surface area contributed by atoms with Gasteiger partial charge in [0.05, 0.1) is 5.69 Å². The Kier molecular flexibility index (Phi) is 6.54. The molecule has 140 valence electrons. The topological polar surface area (TPSA) is 51.2 Å². The number of thiazole rings is 1. The molecule has 1 fully saturated rings. The van der Waals surface area contributed by atoms with Crippen LogP contribution in [0, 0.1) is 13.8 Å². The number of carbonyl (C=O) groups is 1. The largest absolute Gasteiger partial charge is 0.486 e. The number of aryl methyl sites for hydroxylation is 2. The highest BCUT2D eigenvalue weighted by Gasteiger charge is 2.20. The third-order valence-electron chi connectivity index (χ3n) is 4.73. The monoisotopic (exact) mass is 392 g/mol. The van der Waals surface area contributed by atoms with Gasteiger partial charge in [-0.1, -0.05) is 37.3 Å². The molecule has 0 bridgehead atoms. The minimum atomic E-state index is 0.000451. The molecular weight excluding hydrogens is 368 g/mol. The number of carbonyl (C=O) groups excluding carboxylic acids is 1. The standard InChI is InChI=1S/C20H25ClN2O2S/c1-13-11-16(9-10-17(13)21)25-12-18-22-14(2)19(26-18)20(24)23-15-7-5-3-4-6-8-15/h9-11,15H,3-8,12H2,1-2H3,(H,23,24). The fourth-order valence-corrected chi connectivity index (χ4v) is 4.25. The number of nitrogens with zero attached hydrogens (tertiary/aromatic N) is 1. The van der Waals surface area contributed by atoms with Crippen LogP contribution in [0.3, 0.4) is 0 Å². The molecule has 26 heavy (non-hydrogen) atoms. The number of rotatable bonds is 5. The first-order valence-electron chi connectivity index (χ1n) is 9.19.